The number of ketones is 1. The van der Waals surface area contributed by atoms with Crippen LogP contribution in [0.2, 0.25) is 0 Å². The predicted octanol–water partition coefficient (Wildman–Crippen LogP) is 3.02. The third kappa shape index (κ3) is 3.21. The van der Waals surface area contributed by atoms with Gasteiger partial charge in [0.1, 0.15) is 5.82 Å². The molecule has 4 heteroatoms. The van der Waals surface area contributed by atoms with Gasteiger partial charge in [-0.3, -0.25) is 4.79 Å². The predicted molar refractivity (Wildman–Crippen MR) is 75.2 cm³/mol. The Morgan fingerprint density at radius 2 is 2.00 bits per heavy atom. The van der Waals surface area contributed by atoms with Crippen molar-refractivity contribution in [1.29, 1.82) is 5.26 Å². The zero-order valence-corrected chi connectivity index (χ0v) is 11.0. The second kappa shape index (κ2) is 5.98. The lowest BCUT2D eigenvalue weighted by molar-refractivity contribution is 0.1000. The summed E-state index contributed by atoms with van der Waals surface area (Å²) in [5.41, 5.74) is 1.65. The number of Topliss-reactive ketones (excluding diaryl/α,β-unsaturated/α-hetero) is 1. The lowest BCUT2D eigenvalue weighted by atomic mass is 10.1. The Hall–Kier alpha value is -2.67. The van der Waals surface area contributed by atoms with Crippen LogP contribution in [0.15, 0.2) is 48.5 Å². The maximum absolute atomic E-state index is 13.1. The smallest absolute Gasteiger partial charge is 0.182 e. The molecule has 0 unspecified atom stereocenters. The standard InChI is InChI=1S/C16H13FN2O/c1-19(15-7-2-4-12(8-15)10-18)11-16(20)13-5-3-6-14(17)9-13/h2-9H,11H2,1H3. The Bertz CT molecular complexity index is 676. The van der Waals surface area contributed by atoms with E-state index in [-0.39, 0.29) is 12.3 Å². The lowest BCUT2D eigenvalue weighted by Gasteiger charge is -2.18. The summed E-state index contributed by atoms with van der Waals surface area (Å²) in [6, 6.07) is 14.7. The number of nitrogens with zero attached hydrogens (tertiary/aromatic N) is 2. The van der Waals surface area contributed by atoms with Gasteiger partial charge in [-0.2, -0.15) is 5.26 Å². The number of benzene rings is 2. The van der Waals surface area contributed by atoms with E-state index in [2.05, 4.69) is 6.07 Å². The fourth-order valence-electron chi connectivity index (χ4n) is 1.87. The van der Waals surface area contributed by atoms with E-state index in [4.69, 9.17) is 5.26 Å². The number of halogens is 1. The molecule has 0 saturated carbocycles. The maximum Gasteiger partial charge on any atom is 0.182 e. The number of nitriles is 1. The van der Waals surface area contributed by atoms with Crippen molar-refractivity contribution in [2.24, 2.45) is 0 Å². The van der Waals surface area contributed by atoms with Crippen LogP contribution in [0.5, 0.6) is 0 Å². The summed E-state index contributed by atoms with van der Waals surface area (Å²) in [4.78, 5) is 13.8. The van der Waals surface area contributed by atoms with Crippen LogP contribution in [-0.4, -0.2) is 19.4 Å². The molecule has 0 aliphatic rings. The van der Waals surface area contributed by atoms with Gasteiger partial charge in [-0.05, 0) is 30.3 Å². The van der Waals surface area contributed by atoms with E-state index in [0.29, 0.717) is 11.1 Å². The van der Waals surface area contributed by atoms with Gasteiger partial charge < -0.3 is 4.90 Å². The zero-order valence-electron chi connectivity index (χ0n) is 11.0. The van der Waals surface area contributed by atoms with Crippen molar-refractivity contribution in [3.63, 3.8) is 0 Å². The van der Waals surface area contributed by atoms with Gasteiger partial charge in [-0.25, -0.2) is 4.39 Å². The largest absolute Gasteiger partial charge is 0.367 e. The van der Waals surface area contributed by atoms with Crippen LogP contribution in [0.4, 0.5) is 10.1 Å². The summed E-state index contributed by atoms with van der Waals surface area (Å²) in [6.45, 7) is 0.123. The van der Waals surface area contributed by atoms with E-state index < -0.39 is 5.82 Å². The first-order valence-electron chi connectivity index (χ1n) is 6.10. The molecule has 2 aromatic rings. The highest BCUT2D eigenvalue weighted by Gasteiger charge is 2.11. The minimum absolute atomic E-state index is 0.123. The number of likely N-dealkylation sites (N-methyl/N-ethyl adjacent to an activating group) is 1. The third-order valence-electron chi connectivity index (χ3n) is 2.94. The number of anilines is 1. The summed E-state index contributed by atoms with van der Waals surface area (Å²) in [5, 5.41) is 8.86. The van der Waals surface area contributed by atoms with Crippen LogP contribution in [0, 0.1) is 17.1 Å². The van der Waals surface area contributed by atoms with Gasteiger partial charge >= 0.3 is 0 Å². The Morgan fingerprint density at radius 1 is 1.25 bits per heavy atom. The van der Waals surface area contributed by atoms with Crippen LogP contribution in [0.3, 0.4) is 0 Å². The molecule has 0 atom stereocenters. The van der Waals surface area contributed by atoms with Crippen LogP contribution in [-0.2, 0) is 0 Å². The van der Waals surface area contributed by atoms with E-state index in [1.807, 2.05) is 6.07 Å². The van der Waals surface area contributed by atoms with Gasteiger partial charge in [0, 0.05) is 18.3 Å². The molecule has 0 heterocycles. The van der Waals surface area contributed by atoms with Crippen molar-refractivity contribution in [3.05, 3.63) is 65.5 Å². The van der Waals surface area contributed by atoms with Gasteiger partial charge in [0.05, 0.1) is 18.2 Å². The second-order valence-corrected chi connectivity index (χ2v) is 4.45. The molecule has 100 valence electrons. The summed E-state index contributed by atoms with van der Waals surface area (Å²) in [5.74, 6) is -0.598. The van der Waals surface area contributed by atoms with E-state index in [0.717, 1.165) is 5.69 Å². The number of hydrogen-bond acceptors (Lipinski definition) is 3. The molecule has 2 aromatic carbocycles. The SMILES string of the molecule is CN(CC(=O)c1cccc(F)c1)c1cccc(C#N)c1. The van der Waals surface area contributed by atoms with Crippen molar-refractivity contribution >= 4 is 11.5 Å². The first-order chi connectivity index (χ1) is 9.60. The Balaban J connectivity index is 2.13. The molecule has 3 nitrogen and oxygen atoms in total. The number of carbonyl (C=O) groups is 1. The Kier molecular flexibility index (Phi) is 4.11. The van der Waals surface area contributed by atoms with Gasteiger partial charge in [-0.15, -0.1) is 0 Å². The normalized spacial score (nSPS) is 9.85. The summed E-state index contributed by atoms with van der Waals surface area (Å²) in [6.07, 6.45) is 0. The molecule has 0 fully saturated rings. The molecule has 0 aromatic heterocycles. The topological polar surface area (TPSA) is 44.1 Å². The summed E-state index contributed by atoms with van der Waals surface area (Å²) < 4.78 is 13.1. The van der Waals surface area contributed by atoms with E-state index >= 15 is 0 Å². The highest BCUT2D eigenvalue weighted by molar-refractivity contribution is 5.99. The molecule has 0 N–H and O–H groups in total. The molecule has 0 aliphatic carbocycles. The zero-order chi connectivity index (χ0) is 14.5. The molecule has 0 bridgehead atoms. The van der Waals surface area contributed by atoms with Crippen molar-refractivity contribution in [3.8, 4) is 6.07 Å². The van der Waals surface area contributed by atoms with Crippen LogP contribution in [0.25, 0.3) is 0 Å². The van der Waals surface area contributed by atoms with Crippen molar-refractivity contribution in [1.82, 2.24) is 0 Å². The van der Waals surface area contributed by atoms with Crippen molar-refractivity contribution in [2.45, 2.75) is 0 Å². The minimum Gasteiger partial charge on any atom is -0.367 e. The van der Waals surface area contributed by atoms with Gasteiger partial charge in [-0.1, -0.05) is 18.2 Å². The van der Waals surface area contributed by atoms with Crippen LogP contribution < -0.4 is 4.90 Å². The van der Waals surface area contributed by atoms with Crippen molar-refractivity contribution in [2.75, 3.05) is 18.5 Å². The molecule has 2 rings (SSSR count). The highest BCUT2D eigenvalue weighted by Crippen LogP contribution is 2.15. The molecule has 0 saturated heterocycles. The quantitative estimate of drug-likeness (QED) is 0.801. The first-order valence-corrected chi connectivity index (χ1v) is 6.10. The van der Waals surface area contributed by atoms with Gasteiger partial charge in [0.15, 0.2) is 5.78 Å². The summed E-state index contributed by atoms with van der Waals surface area (Å²) >= 11 is 0. The molecule has 0 amide bonds. The average molecular weight is 268 g/mol. The molecular formula is C16H13FN2O. The minimum atomic E-state index is -0.426. The number of hydrogen-bond donors (Lipinski definition) is 0. The third-order valence-corrected chi connectivity index (χ3v) is 2.94. The van der Waals surface area contributed by atoms with E-state index in [1.165, 1.54) is 18.2 Å². The second-order valence-electron chi connectivity index (χ2n) is 4.45. The van der Waals surface area contributed by atoms with E-state index in [9.17, 15) is 9.18 Å². The van der Waals surface area contributed by atoms with Crippen LogP contribution in [0.1, 0.15) is 15.9 Å². The first kappa shape index (κ1) is 13.8. The number of rotatable bonds is 4. The Labute approximate surface area is 116 Å². The highest BCUT2D eigenvalue weighted by atomic mass is 19.1. The van der Waals surface area contributed by atoms with Crippen molar-refractivity contribution < 1.29 is 9.18 Å². The fraction of sp³-hybridized carbons (Fsp3) is 0.125. The molecule has 0 radical (unpaired) electrons. The van der Waals surface area contributed by atoms with Gasteiger partial charge in [0.25, 0.3) is 0 Å². The van der Waals surface area contributed by atoms with E-state index in [1.54, 1.807) is 36.2 Å². The molecule has 0 aliphatic heterocycles. The maximum atomic E-state index is 13.1. The fourth-order valence-corrected chi connectivity index (χ4v) is 1.87. The molecule has 0 spiro atoms. The molecular weight excluding hydrogens is 255 g/mol. The average Bonchev–Trinajstić information content (AvgIpc) is 2.47. The summed E-state index contributed by atoms with van der Waals surface area (Å²) in [7, 11) is 1.76. The number of carbonyl (C=O) groups excluding carboxylic acids is 1. The monoisotopic (exact) mass is 268 g/mol. The Morgan fingerprint density at radius 3 is 2.70 bits per heavy atom. The van der Waals surface area contributed by atoms with Gasteiger partial charge in [0.2, 0.25) is 0 Å². The lowest BCUT2D eigenvalue weighted by Crippen LogP contribution is -2.25. The molecule has 20 heavy (non-hydrogen) atoms. The van der Waals surface area contributed by atoms with Crippen LogP contribution >= 0.6 is 0 Å².